The fraction of sp³-hybridized carbons (Fsp3) is 0.333. The number of nitrogens with zero attached hydrogens (tertiary/aromatic N) is 2. The molecule has 0 aliphatic rings. The molecule has 2 aromatic rings. The van der Waals surface area contributed by atoms with E-state index in [1.165, 1.54) is 5.56 Å². The summed E-state index contributed by atoms with van der Waals surface area (Å²) in [6.07, 6.45) is 4.47. The van der Waals surface area contributed by atoms with Gasteiger partial charge in [-0.3, -0.25) is 4.99 Å². The maximum absolute atomic E-state index is 5.88. The highest BCUT2D eigenvalue weighted by Crippen LogP contribution is 2.11. The quantitative estimate of drug-likeness (QED) is 0.446. The van der Waals surface area contributed by atoms with Gasteiger partial charge in [-0.1, -0.05) is 42.1 Å². The number of nitrogens with one attached hydrogen (secondary N) is 1. The Kier molecular flexibility index (Phi) is 7.24. The van der Waals surface area contributed by atoms with Crippen molar-refractivity contribution < 1.29 is 0 Å². The molecule has 0 bridgehead atoms. The van der Waals surface area contributed by atoms with Crippen molar-refractivity contribution in [2.75, 3.05) is 18.1 Å². The van der Waals surface area contributed by atoms with Gasteiger partial charge in [0.15, 0.2) is 5.17 Å². The maximum Gasteiger partial charge on any atom is 0.153 e. The van der Waals surface area contributed by atoms with E-state index in [1.807, 2.05) is 24.0 Å². The number of hydrogen-bond acceptors (Lipinski definition) is 4. The van der Waals surface area contributed by atoms with Crippen LogP contribution in [0.1, 0.15) is 11.3 Å². The summed E-state index contributed by atoms with van der Waals surface area (Å²) in [7, 11) is 0. The standard InChI is InChI=1S/C15H20N4S2/c16-15(21-8-6-14-10-17-12-19-14)18-7-9-20-11-13-4-2-1-3-5-13/h1-5,10,12H,6-9,11H2,(H2,16,18)(H,17,19). The number of amidine groups is 1. The molecule has 1 heterocycles. The zero-order chi connectivity index (χ0) is 14.8. The summed E-state index contributed by atoms with van der Waals surface area (Å²) in [4.78, 5) is 11.4. The molecule has 3 N–H and O–H groups in total. The number of benzene rings is 1. The van der Waals surface area contributed by atoms with E-state index in [1.54, 1.807) is 18.1 Å². The molecule has 1 aromatic heterocycles. The molecular weight excluding hydrogens is 300 g/mol. The Morgan fingerprint density at radius 3 is 2.86 bits per heavy atom. The van der Waals surface area contributed by atoms with Crippen LogP contribution in [0, 0.1) is 0 Å². The van der Waals surface area contributed by atoms with Crippen LogP contribution >= 0.6 is 23.5 Å². The Labute approximate surface area is 134 Å². The third-order valence-electron chi connectivity index (χ3n) is 2.79. The lowest BCUT2D eigenvalue weighted by Crippen LogP contribution is -2.09. The highest BCUT2D eigenvalue weighted by atomic mass is 32.2. The molecule has 0 radical (unpaired) electrons. The first-order valence-corrected chi connectivity index (χ1v) is 9.00. The topological polar surface area (TPSA) is 67.1 Å². The number of H-pyrrole nitrogens is 1. The van der Waals surface area contributed by atoms with E-state index in [0.717, 1.165) is 35.9 Å². The molecule has 1 aromatic carbocycles. The van der Waals surface area contributed by atoms with Gasteiger partial charge in [0.05, 0.1) is 12.9 Å². The molecule has 0 aliphatic carbocycles. The number of thioether (sulfide) groups is 2. The Balaban J connectivity index is 1.54. The fourth-order valence-corrected chi connectivity index (χ4v) is 3.22. The van der Waals surface area contributed by atoms with Gasteiger partial charge in [0.25, 0.3) is 0 Å². The number of aromatic nitrogens is 2. The lowest BCUT2D eigenvalue weighted by Gasteiger charge is -2.02. The number of aryl methyl sites for hydroxylation is 1. The molecule has 0 spiro atoms. The van der Waals surface area contributed by atoms with Gasteiger partial charge in [-0.25, -0.2) is 4.98 Å². The Morgan fingerprint density at radius 2 is 2.10 bits per heavy atom. The molecule has 0 fully saturated rings. The SMILES string of the molecule is NC(=NCCSCc1ccccc1)SCCc1cnc[nH]1. The molecule has 2 rings (SSSR count). The van der Waals surface area contributed by atoms with Crippen molar-refractivity contribution in [2.24, 2.45) is 10.7 Å². The predicted molar refractivity (Wildman–Crippen MR) is 93.8 cm³/mol. The van der Waals surface area contributed by atoms with Gasteiger partial charge in [-0.05, 0) is 12.0 Å². The summed E-state index contributed by atoms with van der Waals surface area (Å²) < 4.78 is 0. The number of nitrogens with two attached hydrogens (primary N) is 1. The van der Waals surface area contributed by atoms with Gasteiger partial charge in [0.2, 0.25) is 0 Å². The minimum absolute atomic E-state index is 0.676. The minimum Gasteiger partial charge on any atom is -0.379 e. The third-order valence-corrected chi connectivity index (χ3v) is 4.63. The van der Waals surface area contributed by atoms with Gasteiger partial charge in [0.1, 0.15) is 0 Å². The van der Waals surface area contributed by atoms with E-state index in [9.17, 15) is 0 Å². The second kappa shape index (κ2) is 9.52. The zero-order valence-corrected chi connectivity index (χ0v) is 13.5. The first-order valence-electron chi connectivity index (χ1n) is 6.86. The van der Waals surface area contributed by atoms with Crippen LogP contribution in [0.3, 0.4) is 0 Å². The average Bonchev–Trinajstić information content (AvgIpc) is 3.01. The summed E-state index contributed by atoms with van der Waals surface area (Å²) in [5, 5.41) is 0.676. The molecule has 6 heteroatoms. The first kappa shape index (κ1) is 16.0. The normalized spacial score (nSPS) is 11.7. The van der Waals surface area contributed by atoms with Gasteiger partial charge in [-0.2, -0.15) is 11.8 Å². The van der Waals surface area contributed by atoms with Crippen LogP contribution in [0.4, 0.5) is 0 Å². The number of aliphatic imine (C=N–C) groups is 1. The van der Waals surface area contributed by atoms with Gasteiger partial charge < -0.3 is 10.7 Å². The number of imidazole rings is 1. The fourth-order valence-electron chi connectivity index (χ4n) is 1.72. The molecule has 0 saturated heterocycles. The summed E-state index contributed by atoms with van der Waals surface area (Å²) in [6.45, 7) is 0.778. The smallest absolute Gasteiger partial charge is 0.153 e. The average molecular weight is 320 g/mol. The van der Waals surface area contributed by atoms with Crippen LogP contribution < -0.4 is 5.73 Å². The lowest BCUT2D eigenvalue weighted by atomic mass is 10.2. The van der Waals surface area contributed by atoms with Gasteiger partial charge >= 0.3 is 0 Å². The van der Waals surface area contributed by atoms with Crippen molar-refractivity contribution in [3.63, 3.8) is 0 Å². The number of aromatic amines is 1. The zero-order valence-electron chi connectivity index (χ0n) is 11.9. The first-order chi connectivity index (χ1) is 10.3. The van der Waals surface area contributed by atoms with Crippen LogP contribution in [0.15, 0.2) is 47.8 Å². The van der Waals surface area contributed by atoms with E-state index in [4.69, 9.17) is 5.73 Å². The largest absolute Gasteiger partial charge is 0.379 e. The van der Waals surface area contributed by atoms with Crippen molar-refractivity contribution in [2.45, 2.75) is 12.2 Å². The minimum atomic E-state index is 0.676. The second-order valence-electron chi connectivity index (χ2n) is 4.43. The predicted octanol–water partition coefficient (Wildman–Crippen LogP) is 2.93. The van der Waals surface area contributed by atoms with Gasteiger partial charge in [-0.15, -0.1) is 0 Å². The van der Waals surface area contributed by atoms with Gasteiger partial charge in [0, 0.05) is 29.1 Å². The van der Waals surface area contributed by atoms with Crippen molar-refractivity contribution in [3.05, 3.63) is 54.1 Å². The summed E-state index contributed by atoms with van der Waals surface area (Å²) >= 11 is 3.48. The van der Waals surface area contributed by atoms with Crippen molar-refractivity contribution in [3.8, 4) is 0 Å². The van der Waals surface area contributed by atoms with Crippen molar-refractivity contribution in [1.29, 1.82) is 0 Å². The molecule has 0 aliphatic heterocycles. The maximum atomic E-state index is 5.88. The van der Waals surface area contributed by atoms with Crippen LogP contribution in [0.5, 0.6) is 0 Å². The highest BCUT2D eigenvalue weighted by molar-refractivity contribution is 8.13. The molecule has 21 heavy (non-hydrogen) atoms. The Hall–Kier alpha value is -1.40. The van der Waals surface area contributed by atoms with E-state index >= 15 is 0 Å². The Bertz CT molecular complexity index is 526. The van der Waals surface area contributed by atoms with Crippen LogP contribution in [-0.4, -0.2) is 33.2 Å². The molecule has 0 amide bonds. The molecule has 112 valence electrons. The number of rotatable bonds is 8. The van der Waals surface area contributed by atoms with Crippen LogP contribution in [-0.2, 0) is 12.2 Å². The molecule has 0 atom stereocenters. The third kappa shape index (κ3) is 6.73. The van der Waals surface area contributed by atoms with Crippen LogP contribution in [0.25, 0.3) is 0 Å². The van der Waals surface area contributed by atoms with Crippen LogP contribution in [0.2, 0.25) is 0 Å². The van der Waals surface area contributed by atoms with E-state index in [-0.39, 0.29) is 0 Å². The van der Waals surface area contributed by atoms with Crippen molar-refractivity contribution >= 4 is 28.7 Å². The summed E-state index contributed by atoms with van der Waals surface area (Å²) in [5.74, 6) is 2.95. The summed E-state index contributed by atoms with van der Waals surface area (Å²) in [5.41, 5.74) is 8.37. The summed E-state index contributed by atoms with van der Waals surface area (Å²) in [6, 6.07) is 10.5. The molecule has 0 saturated carbocycles. The van der Waals surface area contributed by atoms with E-state index in [2.05, 4.69) is 39.2 Å². The molecule has 4 nitrogen and oxygen atoms in total. The lowest BCUT2D eigenvalue weighted by molar-refractivity contribution is 1.08. The van der Waals surface area contributed by atoms with Crippen molar-refractivity contribution in [1.82, 2.24) is 9.97 Å². The van der Waals surface area contributed by atoms with E-state index < -0.39 is 0 Å². The number of hydrogen-bond donors (Lipinski definition) is 2. The molecular formula is C15H20N4S2. The highest BCUT2D eigenvalue weighted by Gasteiger charge is 1.97. The Morgan fingerprint density at radius 1 is 1.24 bits per heavy atom. The second-order valence-corrected chi connectivity index (χ2v) is 6.65. The monoisotopic (exact) mass is 320 g/mol. The van der Waals surface area contributed by atoms with E-state index in [0.29, 0.717) is 5.17 Å². The molecule has 0 unspecified atom stereocenters.